The molecule has 0 aliphatic carbocycles. The average molecular weight is 244 g/mol. The van der Waals surface area contributed by atoms with Gasteiger partial charge in [-0.2, -0.15) is 0 Å². The standard InChI is InChI=1S/C12H14F2O3/c1-16-10-5-3-8(4-6-11(15)17-2)7-9(10)12(13)14/h3,5,7,12H,4,6H2,1-2H3. The van der Waals surface area contributed by atoms with Crippen LogP contribution < -0.4 is 4.74 Å². The predicted molar refractivity (Wildman–Crippen MR) is 58.3 cm³/mol. The first-order valence-electron chi connectivity index (χ1n) is 5.10. The fourth-order valence-electron chi connectivity index (χ4n) is 1.46. The van der Waals surface area contributed by atoms with Crippen LogP contribution in [0.4, 0.5) is 8.78 Å². The summed E-state index contributed by atoms with van der Waals surface area (Å²) in [5.74, 6) is -0.207. The molecule has 1 aromatic rings. The maximum Gasteiger partial charge on any atom is 0.305 e. The van der Waals surface area contributed by atoms with E-state index in [9.17, 15) is 13.6 Å². The topological polar surface area (TPSA) is 35.5 Å². The summed E-state index contributed by atoms with van der Waals surface area (Å²) in [5, 5.41) is 0. The van der Waals surface area contributed by atoms with Crippen molar-refractivity contribution in [1.29, 1.82) is 0 Å². The Hall–Kier alpha value is -1.65. The van der Waals surface area contributed by atoms with E-state index in [2.05, 4.69) is 4.74 Å². The minimum Gasteiger partial charge on any atom is -0.496 e. The van der Waals surface area contributed by atoms with Gasteiger partial charge in [0.1, 0.15) is 5.75 Å². The lowest BCUT2D eigenvalue weighted by Gasteiger charge is -2.09. The molecule has 0 saturated carbocycles. The number of hydrogen-bond donors (Lipinski definition) is 0. The van der Waals surface area contributed by atoms with Gasteiger partial charge in [0.15, 0.2) is 0 Å². The van der Waals surface area contributed by atoms with E-state index in [0.29, 0.717) is 12.0 Å². The van der Waals surface area contributed by atoms with Crippen LogP contribution in [0.5, 0.6) is 5.75 Å². The van der Waals surface area contributed by atoms with Gasteiger partial charge in [-0.25, -0.2) is 8.78 Å². The zero-order valence-electron chi connectivity index (χ0n) is 9.70. The Labute approximate surface area is 98.3 Å². The molecule has 1 aromatic carbocycles. The molecule has 5 heteroatoms. The predicted octanol–water partition coefficient (Wildman–Crippen LogP) is 2.74. The monoisotopic (exact) mass is 244 g/mol. The smallest absolute Gasteiger partial charge is 0.305 e. The average Bonchev–Trinajstić information content (AvgIpc) is 2.35. The zero-order valence-corrected chi connectivity index (χ0v) is 9.70. The SMILES string of the molecule is COC(=O)CCc1ccc(OC)c(C(F)F)c1. The van der Waals surface area contributed by atoms with Crippen molar-refractivity contribution >= 4 is 5.97 Å². The second kappa shape index (κ2) is 6.18. The molecule has 0 aliphatic heterocycles. The molecule has 0 amide bonds. The maximum absolute atomic E-state index is 12.7. The second-order valence-corrected chi connectivity index (χ2v) is 3.45. The van der Waals surface area contributed by atoms with Crippen LogP contribution in [0.1, 0.15) is 24.0 Å². The molecule has 17 heavy (non-hydrogen) atoms. The molecule has 0 saturated heterocycles. The van der Waals surface area contributed by atoms with Crippen molar-refractivity contribution in [1.82, 2.24) is 0 Å². The number of ether oxygens (including phenoxy) is 2. The van der Waals surface area contributed by atoms with Gasteiger partial charge in [-0.3, -0.25) is 4.79 Å². The summed E-state index contributed by atoms with van der Waals surface area (Å²) in [5.41, 5.74) is 0.501. The van der Waals surface area contributed by atoms with Gasteiger partial charge in [0.25, 0.3) is 6.43 Å². The lowest BCUT2D eigenvalue weighted by atomic mass is 10.1. The van der Waals surface area contributed by atoms with Crippen LogP contribution >= 0.6 is 0 Å². The minimum atomic E-state index is -2.59. The van der Waals surface area contributed by atoms with Crippen LogP contribution in [0.25, 0.3) is 0 Å². The summed E-state index contributed by atoms with van der Waals surface area (Å²) >= 11 is 0. The van der Waals surface area contributed by atoms with Crippen molar-refractivity contribution in [3.63, 3.8) is 0 Å². The third-order valence-corrected chi connectivity index (χ3v) is 2.37. The molecule has 1 rings (SSSR count). The first kappa shape index (κ1) is 13.4. The first-order chi connectivity index (χ1) is 8.08. The van der Waals surface area contributed by atoms with Crippen molar-refractivity contribution in [2.75, 3.05) is 14.2 Å². The van der Waals surface area contributed by atoms with Crippen molar-refractivity contribution in [2.45, 2.75) is 19.3 Å². The fraction of sp³-hybridized carbons (Fsp3) is 0.417. The van der Waals surface area contributed by atoms with Gasteiger partial charge >= 0.3 is 5.97 Å². The number of benzene rings is 1. The molecular weight excluding hydrogens is 230 g/mol. The molecule has 0 aliphatic rings. The molecule has 0 spiro atoms. The van der Waals surface area contributed by atoms with Gasteiger partial charge in [-0.1, -0.05) is 6.07 Å². The highest BCUT2D eigenvalue weighted by Crippen LogP contribution is 2.29. The van der Waals surface area contributed by atoms with Crippen LogP contribution in [0.3, 0.4) is 0 Å². The normalized spacial score (nSPS) is 10.4. The highest BCUT2D eigenvalue weighted by Gasteiger charge is 2.14. The van der Waals surface area contributed by atoms with Crippen LogP contribution in [0.15, 0.2) is 18.2 Å². The Kier molecular flexibility index (Phi) is 4.87. The summed E-state index contributed by atoms with van der Waals surface area (Å²) < 4.78 is 34.7. The van der Waals surface area contributed by atoms with E-state index in [-0.39, 0.29) is 23.7 Å². The van der Waals surface area contributed by atoms with Crippen molar-refractivity contribution < 1.29 is 23.0 Å². The number of esters is 1. The molecule has 0 fully saturated rings. The largest absolute Gasteiger partial charge is 0.496 e. The lowest BCUT2D eigenvalue weighted by molar-refractivity contribution is -0.140. The third kappa shape index (κ3) is 3.69. The summed E-state index contributed by atoms with van der Waals surface area (Å²) in [6.07, 6.45) is -2.05. The van der Waals surface area contributed by atoms with E-state index in [1.54, 1.807) is 6.07 Å². The van der Waals surface area contributed by atoms with Gasteiger partial charge < -0.3 is 9.47 Å². The zero-order chi connectivity index (χ0) is 12.8. The highest BCUT2D eigenvalue weighted by molar-refractivity contribution is 5.69. The number of carbonyl (C=O) groups excluding carboxylic acids is 1. The van der Waals surface area contributed by atoms with Gasteiger partial charge in [0.2, 0.25) is 0 Å². The molecule has 0 heterocycles. The van der Waals surface area contributed by atoms with Crippen LogP contribution in [0.2, 0.25) is 0 Å². The van der Waals surface area contributed by atoms with Crippen LogP contribution in [-0.4, -0.2) is 20.2 Å². The van der Waals surface area contributed by atoms with Gasteiger partial charge in [-0.15, -0.1) is 0 Å². The lowest BCUT2D eigenvalue weighted by Crippen LogP contribution is -2.02. The van der Waals surface area contributed by atoms with E-state index in [0.717, 1.165) is 0 Å². The Balaban J connectivity index is 2.81. The highest BCUT2D eigenvalue weighted by atomic mass is 19.3. The summed E-state index contributed by atoms with van der Waals surface area (Å²) in [6.45, 7) is 0. The van der Waals surface area contributed by atoms with Gasteiger partial charge in [-0.05, 0) is 24.1 Å². The molecule has 0 aromatic heterocycles. The number of halogens is 2. The third-order valence-electron chi connectivity index (χ3n) is 2.37. The molecule has 94 valence electrons. The first-order valence-corrected chi connectivity index (χ1v) is 5.10. The molecule has 0 N–H and O–H groups in total. The Bertz CT molecular complexity index is 391. The van der Waals surface area contributed by atoms with Crippen LogP contribution in [-0.2, 0) is 16.0 Å². The van der Waals surface area contributed by atoms with E-state index in [4.69, 9.17) is 4.74 Å². The number of aryl methyl sites for hydroxylation is 1. The Morgan fingerprint density at radius 1 is 1.35 bits per heavy atom. The van der Waals surface area contributed by atoms with E-state index < -0.39 is 6.43 Å². The number of alkyl halides is 2. The maximum atomic E-state index is 12.7. The minimum absolute atomic E-state index is 0.154. The molecule has 0 unspecified atom stereocenters. The summed E-state index contributed by atoms with van der Waals surface area (Å²) in [4.78, 5) is 10.9. The van der Waals surface area contributed by atoms with Crippen molar-refractivity contribution in [3.05, 3.63) is 29.3 Å². The Morgan fingerprint density at radius 2 is 2.06 bits per heavy atom. The van der Waals surface area contributed by atoms with E-state index in [1.807, 2.05) is 0 Å². The molecule has 0 bridgehead atoms. The fourth-order valence-corrected chi connectivity index (χ4v) is 1.46. The van der Waals surface area contributed by atoms with Gasteiger partial charge in [0, 0.05) is 6.42 Å². The summed E-state index contributed by atoms with van der Waals surface area (Å²) in [7, 11) is 2.64. The van der Waals surface area contributed by atoms with E-state index >= 15 is 0 Å². The second-order valence-electron chi connectivity index (χ2n) is 3.45. The number of rotatable bonds is 5. The van der Waals surface area contributed by atoms with E-state index in [1.165, 1.54) is 26.4 Å². The molecule has 0 radical (unpaired) electrons. The molecule has 0 atom stereocenters. The summed E-state index contributed by atoms with van der Waals surface area (Å²) in [6, 6.07) is 4.49. The number of carbonyl (C=O) groups is 1. The van der Waals surface area contributed by atoms with Gasteiger partial charge in [0.05, 0.1) is 19.8 Å². The van der Waals surface area contributed by atoms with Crippen molar-refractivity contribution in [2.24, 2.45) is 0 Å². The van der Waals surface area contributed by atoms with Crippen LogP contribution in [0, 0.1) is 0 Å². The van der Waals surface area contributed by atoms with Crippen molar-refractivity contribution in [3.8, 4) is 5.75 Å². The Morgan fingerprint density at radius 3 is 2.59 bits per heavy atom. The quantitative estimate of drug-likeness (QED) is 0.747. The molecule has 3 nitrogen and oxygen atoms in total. The number of hydrogen-bond acceptors (Lipinski definition) is 3. The molecular formula is C12H14F2O3. The number of methoxy groups -OCH3 is 2.